The maximum absolute atomic E-state index is 3.68. The van der Waals surface area contributed by atoms with Gasteiger partial charge in [-0.05, 0) is 26.6 Å². The van der Waals surface area contributed by atoms with Crippen molar-refractivity contribution in [1.29, 1.82) is 0 Å². The van der Waals surface area contributed by atoms with Crippen LogP contribution < -0.4 is 15.9 Å². The van der Waals surface area contributed by atoms with Gasteiger partial charge in [-0.2, -0.15) is 0 Å². The Morgan fingerprint density at radius 3 is 1.60 bits per heavy atom. The minimum absolute atomic E-state index is 0. The van der Waals surface area contributed by atoms with Crippen LogP contribution in [0.1, 0.15) is 59.7 Å². The fourth-order valence-electron chi connectivity index (χ4n) is 4.96. The first-order chi connectivity index (χ1) is 16.1. The molecule has 0 radical (unpaired) electrons. The van der Waals surface area contributed by atoms with Gasteiger partial charge in [-0.1, -0.05) is 117 Å². The van der Waals surface area contributed by atoms with Crippen molar-refractivity contribution in [1.82, 2.24) is 0 Å². The maximum atomic E-state index is 3.68. The van der Waals surface area contributed by atoms with E-state index in [-0.39, 0.29) is 35.3 Å². The zero-order chi connectivity index (χ0) is 24.8. The molecule has 0 amide bonds. The fourth-order valence-corrected chi connectivity index (χ4v) is 12.4. The van der Waals surface area contributed by atoms with Crippen molar-refractivity contribution in [2.24, 2.45) is 0 Å². The van der Waals surface area contributed by atoms with Crippen molar-refractivity contribution < 1.29 is 17.1 Å². The summed E-state index contributed by atoms with van der Waals surface area (Å²) in [5.74, 6) is 0. The topological polar surface area (TPSA) is 0 Å². The normalized spacial score (nSPS) is 12.6. The Labute approximate surface area is 227 Å². The zero-order valence-corrected chi connectivity index (χ0v) is 24.7. The predicted molar refractivity (Wildman–Crippen MR) is 152 cm³/mol. The largest absolute Gasteiger partial charge is 2.00 e. The van der Waals surface area contributed by atoms with E-state index < -0.39 is 7.92 Å². The molecule has 0 fully saturated rings. The van der Waals surface area contributed by atoms with E-state index in [1.165, 1.54) is 21.5 Å². The summed E-state index contributed by atoms with van der Waals surface area (Å²) in [4.78, 5) is 0. The van der Waals surface area contributed by atoms with Gasteiger partial charge >= 0.3 is 17.1 Å². The van der Waals surface area contributed by atoms with Crippen LogP contribution in [0.2, 0.25) is 0 Å². The van der Waals surface area contributed by atoms with Gasteiger partial charge in [-0.15, -0.1) is 7.92 Å². The Morgan fingerprint density at radius 1 is 0.771 bits per heavy atom. The molecule has 0 aliphatic rings. The summed E-state index contributed by atoms with van der Waals surface area (Å²) in [6.45, 7) is 16.9. The SMILES string of the molecule is C[C@@H](c1[c-]cc[c-]1P(c1ccccc1)c1ccccc1)P(C(C)(C)C)C(C)(C)C.[Fe+2].[c-]1[c-][c-][cH-][c-]1. The quantitative estimate of drug-likeness (QED) is 0.139. The van der Waals surface area contributed by atoms with Crippen molar-refractivity contribution in [2.75, 3.05) is 0 Å². The molecule has 0 heterocycles. The third kappa shape index (κ3) is 8.00. The van der Waals surface area contributed by atoms with Gasteiger partial charge in [0, 0.05) is 0 Å². The van der Waals surface area contributed by atoms with Crippen LogP contribution in [-0.4, -0.2) is 10.3 Å². The summed E-state index contributed by atoms with van der Waals surface area (Å²) < 4.78 is 0. The Bertz CT molecular complexity index is 1010. The Hall–Kier alpha value is -1.48. The van der Waals surface area contributed by atoms with E-state index in [1.807, 2.05) is 0 Å². The molecular formula is C32H35FeP2-5. The van der Waals surface area contributed by atoms with E-state index in [0.717, 1.165) is 0 Å². The molecule has 0 nitrogen and oxygen atoms in total. The number of benzene rings is 2. The molecule has 0 unspecified atom stereocenters. The maximum Gasteiger partial charge on any atom is 2.00 e. The molecule has 0 aliphatic heterocycles. The van der Waals surface area contributed by atoms with Gasteiger partial charge in [-0.25, -0.2) is 0 Å². The Morgan fingerprint density at radius 2 is 1.23 bits per heavy atom. The molecule has 186 valence electrons. The Balaban J connectivity index is 0.000000640. The van der Waals surface area contributed by atoms with Crippen LogP contribution in [-0.2, 0) is 17.1 Å². The smallest absolute Gasteiger partial charge is 0.999 e. The first-order valence-corrected chi connectivity index (χ1v) is 14.6. The molecule has 4 aromatic rings. The second-order valence-corrected chi connectivity index (χ2v) is 16.7. The van der Waals surface area contributed by atoms with Crippen molar-refractivity contribution >= 4 is 31.8 Å². The van der Waals surface area contributed by atoms with E-state index in [2.05, 4.69) is 152 Å². The van der Waals surface area contributed by atoms with Gasteiger partial charge in [0.2, 0.25) is 0 Å². The van der Waals surface area contributed by atoms with Crippen LogP contribution in [0.5, 0.6) is 0 Å². The number of rotatable bonds is 5. The van der Waals surface area contributed by atoms with Crippen LogP contribution in [0, 0.1) is 30.3 Å². The van der Waals surface area contributed by atoms with Gasteiger partial charge in [0.25, 0.3) is 0 Å². The molecule has 1 atom stereocenters. The molecule has 0 saturated carbocycles. The third-order valence-electron chi connectivity index (χ3n) is 5.63. The van der Waals surface area contributed by atoms with E-state index >= 15 is 0 Å². The van der Waals surface area contributed by atoms with Crippen molar-refractivity contribution in [2.45, 2.75) is 64.4 Å². The second kappa shape index (κ2) is 13.2. The predicted octanol–water partition coefficient (Wildman–Crippen LogP) is 7.71. The summed E-state index contributed by atoms with van der Waals surface area (Å²) in [5, 5.41) is 4.89. The van der Waals surface area contributed by atoms with E-state index in [1.54, 1.807) is 6.07 Å². The summed E-state index contributed by atoms with van der Waals surface area (Å²) in [5.41, 5.74) is 1.94. The average molecular weight is 537 g/mol. The van der Waals surface area contributed by atoms with Gasteiger partial charge in [0.05, 0.1) is 0 Å². The molecule has 0 bridgehead atoms. The summed E-state index contributed by atoms with van der Waals surface area (Å²) in [7, 11) is -0.834. The minimum Gasteiger partial charge on any atom is -0.999 e. The molecule has 0 saturated heterocycles. The van der Waals surface area contributed by atoms with Gasteiger partial charge in [-0.3, -0.25) is 5.56 Å². The molecule has 3 heteroatoms. The van der Waals surface area contributed by atoms with Crippen molar-refractivity contribution in [3.05, 3.63) is 115 Å². The number of hydrogen-bond donors (Lipinski definition) is 0. The van der Waals surface area contributed by atoms with Gasteiger partial charge < -0.3 is 53.8 Å². The summed E-state index contributed by atoms with van der Waals surface area (Å²) in [6, 6.07) is 42.2. The van der Waals surface area contributed by atoms with Gasteiger partial charge in [0.15, 0.2) is 0 Å². The second-order valence-electron chi connectivity index (χ2n) is 10.4. The molecule has 0 spiro atoms. The number of hydrogen-bond acceptors (Lipinski definition) is 0. The monoisotopic (exact) mass is 537 g/mol. The molecule has 4 aromatic carbocycles. The van der Waals surface area contributed by atoms with Crippen molar-refractivity contribution in [3.8, 4) is 0 Å². The Kier molecular flexibility index (Phi) is 11.2. The standard InChI is InChI=1S/C27H34P2.C5H.Fe/c1-21(29(26(2,3)4)27(5,6)7)24-19-14-20-25(24)28(22-15-10-8-11-16-22)23-17-12-9-13-18-23;1-2-4-5-3-1;/h8-18,20-21H,1-7H3;1H;/q-2;-5;+2/t21-;;/m0../s1. The van der Waals surface area contributed by atoms with Crippen molar-refractivity contribution in [3.63, 3.8) is 0 Å². The van der Waals surface area contributed by atoms with Crippen LogP contribution >= 0.6 is 15.8 Å². The summed E-state index contributed by atoms with van der Waals surface area (Å²) in [6.07, 6.45) is 0. The molecule has 0 aromatic heterocycles. The first kappa shape index (κ1) is 29.7. The molecule has 0 N–H and O–H groups in total. The van der Waals surface area contributed by atoms with Crippen LogP contribution in [0.25, 0.3) is 0 Å². The van der Waals surface area contributed by atoms with Gasteiger partial charge in [0.1, 0.15) is 0 Å². The summed E-state index contributed by atoms with van der Waals surface area (Å²) >= 11 is 0. The van der Waals surface area contributed by atoms with Crippen LogP contribution in [0.15, 0.2) is 78.9 Å². The fraction of sp³-hybridized carbons (Fsp3) is 0.312. The average Bonchev–Trinajstić information content (AvgIpc) is 3.49. The first-order valence-electron chi connectivity index (χ1n) is 11.8. The van der Waals surface area contributed by atoms with Crippen LogP contribution in [0.3, 0.4) is 0 Å². The molecule has 35 heavy (non-hydrogen) atoms. The molecular weight excluding hydrogens is 502 g/mol. The van der Waals surface area contributed by atoms with Crippen LogP contribution in [0.4, 0.5) is 0 Å². The van der Waals surface area contributed by atoms with E-state index in [4.69, 9.17) is 0 Å². The molecule has 0 aliphatic carbocycles. The minimum atomic E-state index is -0.580. The van der Waals surface area contributed by atoms with E-state index in [0.29, 0.717) is 5.66 Å². The third-order valence-corrected chi connectivity index (χ3v) is 12.1. The zero-order valence-electron chi connectivity index (χ0n) is 21.8. The molecule has 4 rings (SSSR count). The van der Waals surface area contributed by atoms with E-state index in [9.17, 15) is 0 Å².